The molecule has 2 heterocycles. The quantitative estimate of drug-likeness (QED) is 0.746. The van der Waals surface area contributed by atoms with Crippen molar-refractivity contribution in [2.75, 3.05) is 23.9 Å². The average Bonchev–Trinajstić information content (AvgIpc) is 2.73. The minimum Gasteiger partial charge on any atom is -0.369 e. The Hall–Kier alpha value is -3.30. The Kier molecular flexibility index (Phi) is 5.47. The van der Waals surface area contributed by atoms with Crippen molar-refractivity contribution >= 4 is 23.4 Å². The van der Waals surface area contributed by atoms with E-state index in [9.17, 15) is 13.2 Å². The molecule has 4 rings (SSSR count). The zero-order chi connectivity index (χ0) is 23.1. The smallest absolute Gasteiger partial charge is 0.369 e. The van der Waals surface area contributed by atoms with Crippen LogP contribution < -0.4 is 21.3 Å². The molecule has 0 amide bonds. The Morgan fingerprint density at radius 1 is 1.03 bits per heavy atom. The summed E-state index contributed by atoms with van der Waals surface area (Å²) in [5.41, 5.74) is 12.3. The van der Waals surface area contributed by atoms with Crippen LogP contribution in [0.1, 0.15) is 37.7 Å². The van der Waals surface area contributed by atoms with Crippen molar-refractivity contribution in [1.29, 1.82) is 0 Å². The van der Waals surface area contributed by atoms with E-state index in [0.29, 0.717) is 11.3 Å². The maximum Gasteiger partial charge on any atom is 0.416 e. The summed E-state index contributed by atoms with van der Waals surface area (Å²) in [5, 5.41) is 0. The minimum atomic E-state index is -4.48. The van der Waals surface area contributed by atoms with Crippen molar-refractivity contribution in [1.82, 2.24) is 4.98 Å². The minimum absolute atomic E-state index is 0.145. The first-order valence-electron chi connectivity index (χ1n) is 10.5. The van der Waals surface area contributed by atoms with E-state index in [1.54, 1.807) is 37.2 Å². The highest BCUT2D eigenvalue weighted by Crippen LogP contribution is 2.41. The third-order valence-electron chi connectivity index (χ3n) is 5.85. The number of hydrogen-bond donors (Lipinski definition) is 2. The Morgan fingerprint density at radius 3 is 2.41 bits per heavy atom. The van der Waals surface area contributed by atoms with Gasteiger partial charge in [-0.15, -0.1) is 0 Å². The van der Waals surface area contributed by atoms with E-state index in [0.717, 1.165) is 44.2 Å². The molecule has 1 aliphatic carbocycles. The highest BCUT2D eigenvalue weighted by molar-refractivity contribution is 6.05. The van der Waals surface area contributed by atoms with Crippen LogP contribution in [0.4, 0.5) is 24.7 Å². The lowest BCUT2D eigenvalue weighted by molar-refractivity contribution is -0.137. The molecule has 4 N–H and O–H groups in total. The van der Waals surface area contributed by atoms with Crippen molar-refractivity contribution in [3.05, 3.63) is 42.0 Å². The number of aromatic nitrogens is 1. The number of rotatable bonds is 3. The summed E-state index contributed by atoms with van der Waals surface area (Å²) in [5.74, 6) is 0.593. The summed E-state index contributed by atoms with van der Waals surface area (Å²) in [7, 11) is 3.31. The molecule has 7 nitrogen and oxygen atoms in total. The Bertz CT molecular complexity index is 1070. The van der Waals surface area contributed by atoms with Crippen LogP contribution in [-0.4, -0.2) is 36.7 Å². The van der Waals surface area contributed by atoms with Gasteiger partial charge in [0.2, 0.25) is 11.9 Å². The molecule has 0 unspecified atom stereocenters. The second-order valence-corrected chi connectivity index (χ2v) is 8.36. The number of hydrogen-bond acceptors (Lipinski definition) is 7. The molecule has 1 aromatic carbocycles. The zero-order valence-electron chi connectivity index (χ0n) is 18.0. The van der Waals surface area contributed by atoms with Gasteiger partial charge < -0.3 is 16.4 Å². The number of pyridine rings is 1. The van der Waals surface area contributed by atoms with E-state index < -0.39 is 17.4 Å². The fourth-order valence-corrected chi connectivity index (χ4v) is 4.36. The van der Waals surface area contributed by atoms with Gasteiger partial charge in [0.05, 0.1) is 11.3 Å². The topological polar surface area (TPSA) is 96.1 Å². The van der Waals surface area contributed by atoms with E-state index in [4.69, 9.17) is 11.5 Å². The zero-order valence-corrected chi connectivity index (χ0v) is 18.0. The van der Waals surface area contributed by atoms with Gasteiger partial charge in [0.15, 0.2) is 0 Å². The SMILES string of the molecule is CN(C)c1cc(C(F)(F)F)cc(-c2cccc(N3C(N)=NC(N)=NC34CCCCC4)c2)n1. The second kappa shape index (κ2) is 7.99. The molecule has 1 fully saturated rings. The summed E-state index contributed by atoms with van der Waals surface area (Å²) in [6, 6.07) is 9.22. The van der Waals surface area contributed by atoms with Gasteiger partial charge in [0.1, 0.15) is 11.5 Å². The van der Waals surface area contributed by atoms with Crippen LogP contribution in [-0.2, 0) is 6.18 Å². The summed E-state index contributed by atoms with van der Waals surface area (Å²) in [6.45, 7) is 0. The molecule has 0 saturated heterocycles. The van der Waals surface area contributed by atoms with Gasteiger partial charge in [-0.25, -0.2) is 9.98 Å². The lowest BCUT2D eigenvalue weighted by Gasteiger charge is -2.45. The molecular weight excluding hydrogens is 419 g/mol. The van der Waals surface area contributed by atoms with Crippen LogP contribution >= 0.6 is 0 Å². The predicted molar refractivity (Wildman–Crippen MR) is 121 cm³/mol. The molecule has 170 valence electrons. The molecule has 2 aliphatic rings. The number of alkyl halides is 3. The summed E-state index contributed by atoms with van der Waals surface area (Å²) in [6.07, 6.45) is 0.0940. The van der Waals surface area contributed by atoms with Gasteiger partial charge in [0.25, 0.3) is 0 Å². The molecule has 0 radical (unpaired) electrons. The number of halogens is 3. The highest BCUT2D eigenvalue weighted by atomic mass is 19.4. The lowest BCUT2D eigenvalue weighted by atomic mass is 9.87. The molecule has 32 heavy (non-hydrogen) atoms. The van der Waals surface area contributed by atoms with E-state index in [-0.39, 0.29) is 23.4 Å². The molecule has 10 heteroatoms. The van der Waals surface area contributed by atoms with E-state index in [2.05, 4.69) is 15.0 Å². The number of nitrogens with two attached hydrogens (primary N) is 2. The Balaban J connectivity index is 1.81. The largest absolute Gasteiger partial charge is 0.416 e. The third-order valence-corrected chi connectivity index (χ3v) is 5.85. The third kappa shape index (κ3) is 4.09. The fraction of sp³-hybridized carbons (Fsp3) is 0.409. The summed E-state index contributed by atoms with van der Waals surface area (Å²) >= 11 is 0. The standard InChI is InChI=1S/C22H26F3N7/c1-31(2)18-13-15(22(23,24)25)12-17(28-18)14-7-6-8-16(11-14)32-20(27)29-19(26)30-21(32)9-4-3-5-10-21/h6-8,11-13H,3-5,9-10H2,1-2H3,(H4,26,27,29,30). The first-order valence-corrected chi connectivity index (χ1v) is 10.5. The average molecular weight is 445 g/mol. The van der Waals surface area contributed by atoms with Gasteiger partial charge in [-0.3, -0.25) is 4.90 Å². The van der Waals surface area contributed by atoms with Crippen LogP contribution in [0.2, 0.25) is 0 Å². The fourth-order valence-electron chi connectivity index (χ4n) is 4.36. The maximum absolute atomic E-state index is 13.5. The van der Waals surface area contributed by atoms with Crippen molar-refractivity contribution in [3.8, 4) is 11.3 Å². The molecule has 0 atom stereocenters. The molecule has 1 saturated carbocycles. The van der Waals surface area contributed by atoms with Gasteiger partial charge in [-0.2, -0.15) is 18.2 Å². The number of benzene rings is 1. The highest BCUT2D eigenvalue weighted by Gasteiger charge is 2.42. The van der Waals surface area contributed by atoms with Gasteiger partial charge >= 0.3 is 6.18 Å². The molecule has 1 aliphatic heterocycles. The van der Waals surface area contributed by atoms with Crippen LogP contribution in [0.15, 0.2) is 46.4 Å². The first kappa shape index (κ1) is 21.9. The van der Waals surface area contributed by atoms with Crippen LogP contribution in [0.25, 0.3) is 11.3 Å². The number of nitrogens with zero attached hydrogens (tertiary/aromatic N) is 5. The predicted octanol–water partition coefficient (Wildman–Crippen LogP) is 3.94. The van der Waals surface area contributed by atoms with Gasteiger partial charge in [-0.05, 0) is 49.9 Å². The van der Waals surface area contributed by atoms with E-state index >= 15 is 0 Å². The summed E-state index contributed by atoms with van der Waals surface area (Å²) in [4.78, 5) is 16.6. The number of aliphatic imine (C=N–C) groups is 2. The van der Waals surface area contributed by atoms with E-state index in [1.165, 1.54) is 0 Å². The van der Waals surface area contributed by atoms with Crippen molar-refractivity contribution in [2.24, 2.45) is 21.5 Å². The monoisotopic (exact) mass is 445 g/mol. The van der Waals surface area contributed by atoms with Crippen molar-refractivity contribution in [3.63, 3.8) is 0 Å². The van der Waals surface area contributed by atoms with Crippen molar-refractivity contribution < 1.29 is 13.2 Å². The number of guanidine groups is 2. The van der Waals surface area contributed by atoms with Gasteiger partial charge in [0, 0.05) is 25.3 Å². The second-order valence-electron chi connectivity index (χ2n) is 8.36. The Labute approximate surface area is 184 Å². The Morgan fingerprint density at radius 2 is 1.75 bits per heavy atom. The molecule has 1 aromatic heterocycles. The molecule has 1 spiro atoms. The van der Waals surface area contributed by atoms with E-state index in [1.807, 2.05) is 11.0 Å². The van der Waals surface area contributed by atoms with Crippen LogP contribution in [0.5, 0.6) is 0 Å². The molecular formula is C22H26F3N7. The number of anilines is 2. The van der Waals surface area contributed by atoms with Crippen LogP contribution in [0, 0.1) is 0 Å². The molecule has 0 bridgehead atoms. The van der Waals surface area contributed by atoms with Crippen LogP contribution in [0.3, 0.4) is 0 Å². The first-order chi connectivity index (χ1) is 15.1. The molecule has 2 aromatic rings. The lowest BCUT2D eigenvalue weighted by Crippen LogP contribution is -2.58. The van der Waals surface area contributed by atoms with Crippen molar-refractivity contribution in [2.45, 2.75) is 43.9 Å². The maximum atomic E-state index is 13.5. The normalized spacial score (nSPS) is 18.3. The summed E-state index contributed by atoms with van der Waals surface area (Å²) < 4.78 is 40.5. The van der Waals surface area contributed by atoms with Gasteiger partial charge in [-0.1, -0.05) is 18.6 Å².